The van der Waals surface area contributed by atoms with Crippen molar-refractivity contribution < 1.29 is 4.79 Å². The van der Waals surface area contributed by atoms with Crippen molar-refractivity contribution in [3.05, 3.63) is 23.2 Å². The smallest absolute Gasteiger partial charge is 0.321 e. The largest absolute Gasteiger partial charge is 0.325 e. The zero-order chi connectivity index (χ0) is 13.9. The standard InChI is InChI=1S/C15H19N3OS/c1-11-16-13-10-12(6-7-14(13)20-11)17-15(19)18-8-4-2-3-5-9-18/h6-7,10H,2-5,8-9H2,1H3,(H,17,19). The van der Waals surface area contributed by atoms with Crippen LogP contribution in [-0.2, 0) is 0 Å². The summed E-state index contributed by atoms with van der Waals surface area (Å²) in [6, 6.07) is 5.95. The third-order valence-electron chi connectivity index (χ3n) is 3.64. The van der Waals surface area contributed by atoms with Gasteiger partial charge in [0.05, 0.1) is 15.2 Å². The molecule has 1 fully saturated rings. The van der Waals surface area contributed by atoms with E-state index in [4.69, 9.17) is 0 Å². The van der Waals surface area contributed by atoms with Gasteiger partial charge in [-0.3, -0.25) is 0 Å². The second-order valence-electron chi connectivity index (χ2n) is 5.25. The Kier molecular flexibility index (Phi) is 3.87. The first-order valence-electron chi connectivity index (χ1n) is 7.15. The minimum Gasteiger partial charge on any atom is -0.325 e. The third-order valence-corrected chi connectivity index (χ3v) is 4.59. The first kappa shape index (κ1) is 13.4. The molecular formula is C15H19N3OS. The topological polar surface area (TPSA) is 45.2 Å². The number of likely N-dealkylation sites (tertiary alicyclic amines) is 1. The van der Waals surface area contributed by atoms with Gasteiger partial charge < -0.3 is 10.2 Å². The van der Waals surface area contributed by atoms with Crippen molar-refractivity contribution in [3.63, 3.8) is 0 Å². The van der Waals surface area contributed by atoms with Gasteiger partial charge in [0.1, 0.15) is 0 Å². The molecule has 0 atom stereocenters. The number of carbonyl (C=O) groups is 1. The number of carbonyl (C=O) groups excluding carboxylic acids is 1. The Morgan fingerprint density at radius 1 is 1.25 bits per heavy atom. The molecule has 5 heteroatoms. The van der Waals surface area contributed by atoms with Crippen LogP contribution in [-0.4, -0.2) is 29.0 Å². The van der Waals surface area contributed by atoms with E-state index in [2.05, 4.69) is 10.3 Å². The number of fused-ring (bicyclic) bond motifs is 1. The maximum absolute atomic E-state index is 12.3. The van der Waals surface area contributed by atoms with Crippen molar-refractivity contribution in [3.8, 4) is 0 Å². The van der Waals surface area contributed by atoms with E-state index in [0.717, 1.165) is 46.8 Å². The molecule has 20 heavy (non-hydrogen) atoms. The van der Waals surface area contributed by atoms with E-state index in [1.807, 2.05) is 30.0 Å². The summed E-state index contributed by atoms with van der Waals surface area (Å²) in [7, 11) is 0. The Morgan fingerprint density at radius 3 is 2.75 bits per heavy atom. The highest BCUT2D eigenvalue weighted by Gasteiger charge is 2.15. The van der Waals surface area contributed by atoms with Gasteiger partial charge in [0.2, 0.25) is 0 Å². The quantitative estimate of drug-likeness (QED) is 0.862. The van der Waals surface area contributed by atoms with Gasteiger partial charge in [-0.2, -0.15) is 0 Å². The van der Waals surface area contributed by atoms with E-state index in [-0.39, 0.29) is 6.03 Å². The SMILES string of the molecule is Cc1nc2cc(NC(=O)N3CCCCCC3)ccc2s1. The molecule has 106 valence electrons. The summed E-state index contributed by atoms with van der Waals surface area (Å²) >= 11 is 1.68. The molecule has 1 aromatic heterocycles. The number of thiazole rings is 1. The van der Waals surface area contributed by atoms with Crippen LogP contribution in [0.5, 0.6) is 0 Å². The van der Waals surface area contributed by atoms with Crippen LogP contribution in [0.1, 0.15) is 30.7 Å². The molecule has 1 saturated heterocycles. The summed E-state index contributed by atoms with van der Waals surface area (Å²) in [5, 5.41) is 4.04. The lowest BCUT2D eigenvalue weighted by Gasteiger charge is -2.20. The summed E-state index contributed by atoms with van der Waals surface area (Å²) in [5.41, 5.74) is 1.79. The number of hydrogen-bond donors (Lipinski definition) is 1. The second-order valence-corrected chi connectivity index (χ2v) is 6.48. The molecule has 1 aliphatic rings. The highest BCUT2D eigenvalue weighted by atomic mass is 32.1. The number of urea groups is 1. The molecule has 2 heterocycles. The Labute approximate surface area is 122 Å². The van der Waals surface area contributed by atoms with Crippen molar-refractivity contribution in [2.45, 2.75) is 32.6 Å². The van der Waals surface area contributed by atoms with E-state index in [9.17, 15) is 4.79 Å². The van der Waals surface area contributed by atoms with E-state index in [0.29, 0.717) is 0 Å². The second kappa shape index (κ2) is 5.79. The molecule has 4 nitrogen and oxygen atoms in total. The molecule has 1 N–H and O–H groups in total. The van der Waals surface area contributed by atoms with Gasteiger partial charge in [-0.1, -0.05) is 12.8 Å². The number of amides is 2. The zero-order valence-corrected chi connectivity index (χ0v) is 12.5. The molecule has 0 saturated carbocycles. The lowest BCUT2D eigenvalue weighted by atomic mass is 10.2. The van der Waals surface area contributed by atoms with Crippen LogP contribution in [0.25, 0.3) is 10.2 Å². The predicted molar refractivity (Wildman–Crippen MR) is 83.4 cm³/mol. The first-order chi connectivity index (χ1) is 9.72. The Hall–Kier alpha value is -1.62. The van der Waals surface area contributed by atoms with E-state index in [1.165, 1.54) is 12.8 Å². The maximum atomic E-state index is 12.3. The summed E-state index contributed by atoms with van der Waals surface area (Å²) in [4.78, 5) is 18.6. The summed E-state index contributed by atoms with van der Waals surface area (Å²) in [6.45, 7) is 3.73. The van der Waals surface area contributed by atoms with Gasteiger partial charge in [-0.15, -0.1) is 11.3 Å². The van der Waals surface area contributed by atoms with Gasteiger partial charge in [-0.25, -0.2) is 9.78 Å². The van der Waals surface area contributed by atoms with Gasteiger partial charge in [0.15, 0.2) is 0 Å². The number of rotatable bonds is 1. The highest BCUT2D eigenvalue weighted by molar-refractivity contribution is 7.18. The van der Waals surface area contributed by atoms with Crippen LogP contribution in [0.4, 0.5) is 10.5 Å². The normalized spacial score (nSPS) is 16.1. The van der Waals surface area contributed by atoms with Crippen molar-refractivity contribution in [2.24, 2.45) is 0 Å². The zero-order valence-electron chi connectivity index (χ0n) is 11.7. The van der Waals surface area contributed by atoms with Crippen LogP contribution in [0.2, 0.25) is 0 Å². The molecule has 1 aromatic carbocycles. The lowest BCUT2D eigenvalue weighted by Crippen LogP contribution is -2.35. The molecule has 0 aliphatic carbocycles. The van der Waals surface area contributed by atoms with Crippen LogP contribution >= 0.6 is 11.3 Å². The number of nitrogens with zero attached hydrogens (tertiary/aromatic N) is 2. The summed E-state index contributed by atoms with van der Waals surface area (Å²) in [6.07, 6.45) is 4.68. The van der Waals surface area contributed by atoms with Gasteiger partial charge in [0.25, 0.3) is 0 Å². The molecular weight excluding hydrogens is 270 g/mol. The van der Waals surface area contributed by atoms with Crippen molar-refractivity contribution in [1.82, 2.24) is 9.88 Å². The monoisotopic (exact) mass is 289 g/mol. The number of aromatic nitrogens is 1. The Bertz CT molecular complexity index is 615. The summed E-state index contributed by atoms with van der Waals surface area (Å²) in [5.74, 6) is 0. The van der Waals surface area contributed by atoms with E-state index < -0.39 is 0 Å². The van der Waals surface area contributed by atoms with Crippen LogP contribution < -0.4 is 5.32 Å². The van der Waals surface area contributed by atoms with Gasteiger partial charge in [0, 0.05) is 18.8 Å². The molecule has 2 aromatic rings. The van der Waals surface area contributed by atoms with Gasteiger partial charge >= 0.3 is 6.03 Å². The highest BCUT2D eigenvalue weighted by Crippen LogP contribution is 2.24. The Balaban J connectivity index is 1.72. The molecule has 0 spiro atoms. The van der Waals surface area contributed by atoms with E-state index >= 15 is 0 Å². The fraction of sp³-hybridized carbons (Fsp3) is 0.467. The minimum absolute atomic E-state index is 0.0122. The average Bonchev–Trinajstić information content (AvgIpc) is 2.64. The van der Waals surface area contributed by atoms with Crippen molar-refractivity contribution in [1.29, 1.82) is 0 Å². The predicted octanol–water partition coefficient (Wildman–Crippen LogP) is 4.01. The number of aryl methyl sites for hydroxylation is 1. The molecule has 0 bridgehead atoms. The molecule has 1 aliphatic heterocycles. The van der Waals surface area contributed by atoms with E-state index in [1.54, 1.807) is 11.3 Å². The number of benzene rings is 1. The summed E-state index contributed by atoms with van der Waals surface area (Å²) < 4.78 is 1.16. The maximum Gasteiger partial charge on any atom is 0.321 e. The lowest BCUT2D eigenvalue weighted by molar-refractivity contribution is 0.214. The third kappa shape index (κ3) is 2.93. The van der Waals surface area contributed by atoms with Crippen LogP contribution in [0, 0.1) is 6.92 Å². The molecule has 2 amide bonds. The fourth-order valence-corrected chi connectivity index (χ4v) is 3.40. The van der Waals surface area contributed by atoms with Crippen LogP contribution in [0.15, 0.2) is 18.2 Å². The fourth-order valence-electron chi connectivity index (χ4n) is 2.60. The number of hydrogen-bond acceptors (Lipinski definition) is 3. The Morgan fingerprint density at radius 2 is 2.00 bits per heavy atom. The minimum atomic E-state index is 0.0122. The van der Waals surface area contributed by atoms with Crippen molar-refractivity contribution in [2.75, 3.05) is 18.4 Å². The van der Waals surface area contributed by atoms with Crippen LogP contribution in [0.3, 0.4) is 0 Å². The average molecular weight is 289 g/mol. The molecule has 0 unspecified atom stereocenters. The van der Waals surface area contributed by atoms with Crippen molar-refractivity contribution >= 4 is 33.3 Å². The first-order valence-corrected chi connectivity index (χ1v) is 7.97. The number of nitrogens with one attached hydrogen (secondary N) is 1. The number of anilines is 1. The molecule has 3 rings (SSSR count). The van der Waals surface area contributed by atoms with Gasteiger partial charge in [-0.05, 0) is 38.0 Å². The molecule has 0 radical (unpaired) electrons.